The third kappa shape index (κ3) is 8.71. The number of azo groups is 1. The molecule has 1 saturated heterocycles. The molecule has 40 heavy (non-hydrogen) atoms. The van der Waals surface area contributed by atoms with Crippen LogP contribution in [0.5, 0.6) is 0 Å². The summed E-state index contributed by atoms with van der Waals surface area (Å²) in [5, 5.41) is 18.1. The molecule has 0 bridgehead atoms. The van der Waals surface area contributed by atoms with Gasteiger partial charge in [0.15, 0.2) is 6.04 Å². The van der Waals surface area contributed by atoms with Crippen molar-refractivity contribution in [3.63, 3.8) is 0 Å². The zero-order chi connectivity index (χ0) is 29.7. The van der Waals surface area contributed by atoms with Gasteiger partial charge in [-0.25, -0.2) is 0 Å². The molecule has 1 aliphatic rings. The zero-order valence-electron chi connectivity index (χ0n) is 25.4. The highest BCUT2D eigenvalue weighted by molar-refractivity contribution is 6.03. The van der Waals surface area contributed by atoms with E-state index in [0.717, 1.165) is 69.4 Å². The lowest BCUT2D eigenvalue weighted by atomic mass is 9.83. The summed E-state index contributed by atoms with van der Waals surface area (Å²) in [6.45, 7) is 13.9. The van der Waals surface area contributed by atoms with E-state index < -0.39 is 29.7 Å². The molecule has 1 aromatic carbocycles. The number of carbonyl (C=O) groups is 3. The van der Waals surface area contributed by atoms with Crippen molar-refractivity contribution in [2.45, 2.75) is 99.0 Å². The minimum atomic E-state index is -0.943. The highest BCUT2D eigenvalue weighted by Gasteiger charge is 2.46. The molecule has 1 fully saturated rings. The Balaban J connectivity index is 2.31. The standard InChI is InChI=1S/C32H49N5O3/c1-7-12-15-24(9-3)21-36(22-25(10-4)16-13-8-2)30(38)26-17-14-18-27(19-26)34-35-29-23(6)28(20-33)31(39)37(11-5)32(29)40/h14,17-19,23-25,28-29H,7-13,15-16,21-22H2,1-6H3. The molecule has 1 aliphatic heterocycles. The first-order chi connectivity index (χ1) is 19.3. The number of nitrogens with zero attached hydrogens (tertiary/aromatic N) is 5. The summed E-state index contributed by atoms with van der Waals surface area (Å²) in [6.07, 6.45) is 8.93. The van der Waals surface area contributed by atoms with E-state index in [1.54, 1.807) is 32.0 Å². The third-order valence-electron chi connectivity index (χ3n) is 8.25. The Bertz CT molecular complexity index is 1030. The number of unbranched alkanes of at least 4 members (excludes halogenated alkanes) is 2. The van der Waals surface area contributed by atoms with Crippen LogP contribution in [0.25, 0.3) is 0 Å². The molecule has 0 saturated carbocycles. The van der Waals surface area contributed by atoms with Gasteiger partial charge in [-0.05, 0) is 49.8 Å². The van der Waals surface area contributed by atoms with E-state index in [1.165, 1.54) is 0 Å². The van der Waals surface area contributed by atoms with Crippen molar-refractivity contribution >= 4 is 23.4 Å². The van der Waals surface area contributed by atoms with Crippen molar-refractivity contribution in [2.24, 2.45) is 33.9 Å². The number of amides is 3. The SMILES string of the molecule is CCCCC(CC)CN(CC(CC)CCCC)C(=O)c1cccc(N=NC2C(=O)N(CC)C(=O)C(C#N)C2C)c1. The van der Waals surface area contributed by atoms with Gasteiger partial charge in [0.05, 0.1) is 11.8 Å². The number of hydrogen-bond donors (Lipinski definition) is 0. The number of likely N-dealkylation sites (N-methyl/N-ethyl adjacent to an activating group) is 1. The third-order valence-corrected chi connectivity index (χ3v) is 8.25. The molecule has 1 heterocycles. The van der Waals surface area contributed by atoms with E-state index in [1.807, 2.05) is 17.0 Å². The maximum absolute atomic E-state index is 13.9. The molecule has 8 heteroatoms. The monoisotopic (exact) mass is 551 g/mol. The van der Waals surface area contributed by atoms with E-state index in [9.17, 15) is 19.6 Å². The highest BCUT2D eigenvalue weighted by atomic mass is 16.2. The first kappa shape index (κ1) is 33.1. The lowest BCUT2D eigenvalue weighted by Crippen LogP contribution is -2.55. The minimum absolute atomic E-state index is 0.00337. The van der Waals surface area contributed by atoms with E-state index in [-0.39, 0.29) is 12.5 Å². The van der Waals surface area contributed by atoms with Crippen molar-refractivity contribution in [1.29, 1.82) is 5.26 Å². The summed E-state index contributed by atoms with van der Waals surface area (Å²) in [6, 6.07) is 8.17. The molecule has 0 aromatic heterocycles. The Hall–Kier alpha value is -3.08. The van der Waals surface area contributed by atoms with Gasteiger partial charge >= 0.3 is 0 Å². The molecule has 8 nitrogen and oxygen atoms in total. The van der Waals surface area contributed by atoms with Gasteiger partial charge in [-0.2, -0.15) is 15.5 Å². The van der Waals surface area contributed by atoms with E-state index in [0.29, 0.717) is 23.1 Å². The summed E-state index contributed by atoms with van der Waals surface area (Å²) in [7, 11) is 0. The summed E-state index contributed by atoms with van der Waals surface area (Å²) in [4.78, 5) is 42.4. The van der Waals surface area contributed by atoms with Gasteiger partial charge in [0.25, 0.3) is 11.8 Å². The number of piperidine rings is 1. The number of imide groups is 1. The Morgan fingerprint density at radius 2 is 1.60 bits per heavy atom. The van der Waals surface area contributed by atoms with Gasteiger partial charge in [0.1, 0.15) is 5.92 Å². The number of hydrogen-bond acceptors (Lipinski definition) is 6. The Morgan fingerprint density at radius 3 is 2.10 bits per heavy atom. The molecule has 0 radical (unpaired) electrons. The van der Waals surface area contributed by atoms with Gasteiger partial charge in [-0.15, -0.1) is 0 Å². The molecule has 5 atom stereocenters. The largest absolute Gasteiger partial charge is 0.338 e. The maximum Gasteiger partial charge on any atom is 0.256 e. The summed E-state index contributed by atoms with van der Waals surface area (Å²) < 4.78 is 0. The average molecular weight is 552 g/mol. The molecule has 5 unspecified atom stereocenters. The molecule has 1 aromatic rings. The first-order valence-corrected chi connectivity index (χ1v) is 15.3. The van der Waals surface area contributed by atoms with Crippen molar-refractivity contribution in [1.82, 2.24) is 9.80 Å². The molecule has 3 amide bonds. The van der Waals surface area contributed by atoms with Crippen LogP contribution in [0.1, 0.15) is 103 Å². The number of rotatable bonds is 16. The summed E-state index contributed by atoms with van der Waals surface area (Å²) >= 11 is 0. The van der Waals surface area contributed by atoms with Crippen LogP contribution >= 0.6 is 0 Å². The summed E-state index contributed by atoms with van der Waals surface area (Å²) in [5.41, 5.74) is 1.02. The second-order valence-corrected chi connectivity index (χ2v) is 11.1. The minimum Gasteiger partial charge on any atom is -0.338 e. The maximum atomic E-state index is 13.9. The highest BCUT2D eigenvalue weighted by Crippen LogP contribution is 2.29. The van der Waals surface area contributed by atoms with Crippen molar-refractivity contribution in [2.75, 3.05) is 19.6 Å². The fraction of sp³-hybridized carbons (Fsp3) is 0.688. The topological polar surface area (TPSA) is 106 Å². The quantitative estimate of drug-likeness (QED) is 0.160. The van der Waals surface area contributed by atoms with Crippen molar-refractivity contribution < 1.29 is 14.4 Å². The molecular weight excluding hydrogens is 502 g/mol. The van der Waals surface area contributed by atoms with Crippen LogP contribution in [0.4, 0.5) is 5.69 Å². The van der Waals surface area contributed by atoms with E-state index in [2.05, 4.69) is 37.9 Å². The van der Waals surface area contributed by atoms with Gasteiger partial charge in [-0.1, -0.05) is 79.2 Å². The molecule has 0 aliphatic carbocycles. The van der Waals surface area contributed by atoms with Gasteiger partial charge in [0, 0.05) is 31.1 Å². The fourth-order valence-electron chi connectivity index (χ4n) is 5.42. The number of likely N-dealkylation sites (tertiary alicyclic amines) is 1. The van der Waals surface area contributed by atoms with Crippen LogP contribution in [0.15, 0.2) is 34.5 Å². The van der Waals surface area contributed by atoms with Gasteiger partial charge < -0.3 is 4.90 Å². The predicted octanol–water partition coefficient (Wildman–Crippen LogP) is 7.18. The van der Waals surface area contributed by atoms with Crippen LogP contribution < -0.4 is 0 Å². The number of benzene rings is 1. The fourth-order valence-corrected chi connectivity index (χ4v) is 5.42. The van der Waals surface area contributed by atoms with Gasteiger partial charge in [0.2, 0.25) is 5.91 Å². The van der Waals surface area contributed by atoms with Crippen molar-refractivity contribution in [3.05, 3.63) is 29.8 Å². The Morgan fingerprint density at radius 1 is 1.00 bits per heavy atom. The van der Waals surface area contributed by atoms with Crippen LogP contribution in [0.3, 0.4) is 0 Å². The normalized spacial score (nSPS) is 20.9. The van der Waals surface area contributed by atoms with Crippen LogP contribution in [-0.4, -0.2) is 53.2 Å². The molecular formula is C32H49N5O3. The van der Waals surface area contributed by atoms with Crippen LogP contribution in [0.2, 0.25) is 0 Å². The molecule has 2 rings (SSSR count). The first-order valence-electron chi connectivity index (χ1n) is 15.3. The summed E-state index contributed by atoms with van der Waals surface area (Å²) in [5.74, 6) is -1.52. The second kappa shape index (κ2) is 16.9. The lowest BCUT2D eigenvalue weighted by Gasteiger charge is -2.34. The second-order valence-electron chi connectivity index (χ2n) is 11.1. The zero-order valence-corrected chi connectivity index (χ0v) is 25.4. The van der Waals surface area contributed by atoms with Crippen molar-refractivity contribution in [3.8, 4) is 6.07 Å². The number of carbonyl (C=O) groups excluding carboxylic acids is 3. The Labute approximate surface area is 241 Å². The lowest BCUT2D eigenvalue weighted by molar-refractivity contribution is -0.153. The smallest absolute Gasteiger partial charge is 0.256 e. The van der Waals surface area contributed by atoms with E-state index >= 15 is 0 Å². The predicted molar refractivity (Wildman–Crippen MR) is 158 cm³/mol. The average Bonchev–Trinajstić information content (AvgIpc) is 2.96. The molecule has 220 valence electrons. The van der Waals surface area contributed by atoms with E-state index in [4.69, 9.17) is 0 Å². The van der Waals surface area contributed by atoms with Gasteiger partial charge in [-0.3, -0.25) is 19.3 Å². The van der Waals surface area contributed by atoms with Crippen LogP contribution in [-0.2, 0) is 9.59 Å². The Kier molecular flexibility index (Phi) is 14.0. The van der Waals surface area contributed by atoms with Crippen LogP contribution in [0, 0.1) is 35.0 Å². The number of nitriles is 1. The molecule has 0 N–H and O–H groups in total. The molecule has 0 spiro atoms.